The Labute approximate surface area is 281 Å². The summed E-state index contributed by atoms with van der Waals surface area (Å²) in [4.78, 5) is 11.6. The van der Waals surface area contributed by atoms with Crippen LogP contribution in [0.4, 0.5) is 14.9 Å². The third kappa shape index (κ3) is 5.57. The molecule has 5 aromatic rings. The second-order valence-electron chi connectivity index (χ2n) is 13.7. The minimum absolute atomic E-state index is 0.0479. The summed E-state index contributed by atoms with van der Waals surface area (Å²) < 4.78 is 24.7. The molecule has 4 aliphatic carbocycles. The van der Waals surface area contributed by atoms with E-state index in [-0.39, 0.29) is 22.0 Å². The van der Waals surface area contributed by atoms with E-state index in [1.54, 1.807) is 12.1 Å². The fourth-order valence-electron chi connectivity index (χ4n) is 9.05. The summed E-state index contributed by atoms with van der Waals surface area (Å²) in [6.07, 6.45) is 14.6. The number of pyridine rings is 1. The molecular formula is C35H35ClFN8O3+. The first-order valence-electron chi connectivity index (χ1n) is 16.2. The minimum Gasteiger partial charge on any atom is -0.453 e. The predicted molar refractivity (Wildman–Crippen MR) is 174 cm³/mol. The summed E-state index contributed by atoms with van der Waals surface area (Å²) in [6.45, 7) is 0. The Hall–Kier alpha value is -4.84. The van der Waals surface area contributed by atoms with Crippen LogP contribution in [0.2, 0.25) is 5.02 Å². The van der Waals surface area contributed by atoms with Gasteiger partial charge in [0.25, 0.3) is 5.69 Å². The van der Waals surface area contributed by atoms with Gasteiger partial charge < -0.3 is 4.74 Å². The fourth-order valence-corrected chi connectivity index (χ4v) is 9.20. The van der Waals surface area contributed by atoms with E-state index in [9.17, 15) is 10.0 Å². The number of carbonyl (C=O) groups is 1. The summed E-state index contributed by atoms with van der Waals surface area (Å²) >= 11 is 6.22. The van der Waals surface area contributed by atoms with E-state index in [0.29, 0.717) is 22.6 Å². The van der Waals surface area contributed by atoms with Gasteiger partial charge in [-0.25, -0.2) is 9.18 Å². The van der Waals surface area contributed by atoms with Crippen LogP contribution in [0, 0.1) is 29.0 Å². The third-order valence-corrected chi connectivity index (χ3v) is 10.9. The van der Waals surface area contributed by atoms with E-state index in [1.807, 2.05) is 47.4 Å². The summed E-state index contributed by atoms with van der Waals surface area (Å²) in [5, 5.41) is 30.5. The number of nitrogens with zero attached hydrogens (tertiary/aromatic N) is 7. The molecule has 48 heavy (non-hydrogen) atoms. The minimum atomic E-state index is -0.632. The zero-order chi connectivity index (χ0) is 33.0. The monoisotopic (exact) mass is 669 g/mol. The maximum atomic E-state index is 15.6. The zero-order valence-electron chi connectivity index (χ0n) is 26.3. The van der Waals surface area contributed by atoms with Crippen LogP contribution >= 0.6 is 11.6 Å². The highest BCUT2D eigenvalue weighted by Gasteiger charge is 2.52. The van der Waals surface area contributed by atoms with Crippen molar-refractivity contribution in [2.75, 3.05) is 12.4 Å². The maximum absolute atomic E-state index is 15.6. The van der Waals surface area contributed by atoms with Crippen LogP contribution in [0.25, 0.3) is 27.9 Å². The normalized spacial score (nSPS) is 23.3. The van der Waals surface area contributed by atoms with Gasteiger partial charge >= 0.3 is 6.09 Å². The number of hydrogen-bond donors (Lipinski definition) is 2. The SMILES string of the molecule is COC(=O)Nc1ccc(-c2cnn(C(CC34CC5CC(CC(C5)C3)C4)c3ccc(-c4c(-n5cnnn5)ccc(Cl)c4F)c[n+]3O)c2)cc1. The van der Waals surface area contributed by atoms with E-state index >= 15 is 4.39 Å². The largest absolute Gasteiger partial charge is 0.453 e. The Morgan fingerprint density at radius 2 is 1.77 bits per heavy atom. The van der Waals surface area contributed by atoms with Crippen LogP contribution in [0.3, 0.4) is 0 Å². The van der Waals surface area contributed by atoms with Crippen LogP contribution in [-0.2, 0) is 4.74 Å². The predicted octanol–water partition coefficient (Wildman–Crippen LogP) is 6.88. The molecule has 246 valence electrons. The molecular weight excluding hydrogens is 635 g/mol. The lowest BCUT2D eigenvalue weighted by Crippen LogP contribution is -2.48. The van der Waals surface area contributed by atoms with Gasteiger partial charge in [-0.15, -0.1) is 5.10 Å². The third-order valence-electron chi connectivity index (χ3n) is 10.6. The van der Waals surface area contributed by atoms with Crippen LogP contribution in [0.5, 0.6) is 0 Å². The zero-order valence-corrected chi connectivity index (χ0v) is 27.1. The second kappa shape index (κ2) is 12.0. The molecule has 3 heterocycles. The Bertz CT molecular complexity index is 1940. The molecule has 0 radical (unpaired) electrons. The Morgan fingerprint density at radius 3 is 2.42 bits per heavy atom. The molecule has 1 atom stereocenters. The van der Waals surface area contributed by atoms with Crippen molar-refractivity contribution in [3.8, 4) is 27.9 Å². The van der Waals surface area contributed by atoms with Gasteiger partial charge in [-0.3, -0.25) is 15.2 Å². The fraction of sp³-hybridized carbons (Fsp3) is 0.371. The lowest BCUT2D eigenvalue weighted by atomic mass is 9.48. The van der Waals surface area contributed by atoms with Gasteiger partial charge in [0.1, 0.15) is 12.4 Å². The Kier molecular flexibility index (Phi) is 7.62. The first-order valence-corrected chi connectivity index (χ1v) is 16.6. The van der Waals surface area contributed by atoms with E-state index in [0.717, 1.165) is 40.0 Å². The number of nitrogens with one attached hydrogen (secondary N) is 1. The van der Waals surface area contributed by atoms with E-state index in [4.69, 9.17) is 21.4 Å². The first-order chi connectivity index (χ1) is 23.3. The van der Waals surface area contributed by atoms with Crippen molar-refractivity contribution in [2.24, 2.45) is 23.2 Å². The molecule has 9 rings (SSSR count). The molecule has 3 aromatic heterocycles. The summed E-state index contributed by atoms with van der Waals surface area (Å²) in [5.41, 5.74) is 4.27. The lowest BCUT2D eigenvalue weighted by Gasteiger charge is -2.57. The quantitative estimate of drug-likeness (QED) is 0.136. The highest BCUT2D eigenvalue weighted by molar-refractivity contribution is 6.31. The molecule has 1 unspecified atom stereocenters. The van der Waals surface area contributed by atoms with E-state index in [1.165, 1.54) is 68.9 Å². The number of benzene rings is 2. The Morgan fingerprint density at radius 1 is 1.06 bits per heavy atom. The average Bonchev–Trinajstić information content (AvgIpc) is 3.78. The van der Waals surface area contributed by atoms with Crippen molar-refractivity contribution in [3.63, 3.8) is 0 Å². The topological polar surface area (TPSA) is 124 Å². The molecule has 0 spiro atoms. The molecule has 0 saturated heterocycles. The number of amides is 1. The van der Waals surface area contributed by atoms with Crippen molar-refractivity contribution in [1.82, 2.24) is 30.0 Å². The van der Waals surface area contributed by atoms with E-state index < -0.39 is 11.9 Å². The lowest BCUT2D eigenvalue weighted by molar-refractivity contribution is -0.910. The molecule has 4 aliphatic rings. The number of methoxy groups -OCH3 is 1. The molecule has 2 aromatic carbocycles. The summed E-state index contributed by atoms with van der Waals surface area (Å²) in [7, 11) is 1.32. The standard InChI is InChI=1S/C35H34ClFN8O3/c1-48-34(46)40-27-5-2-24(3-6-27)26-17-39-43(18-26)31(16-35-13-21-10-22(14-35)12-23(11-21)15-35)29-8-4-25(19-45(29)47)32-30(44-20-38-41-42-44)9-7-28(36)33(32)37/h2-9,17-23,31H,10-16H2,1H3,(H-,40,46,47)/p+1. The Balaban J connectivity index is 1.17. The number of carbonyl (C=O) groups excluding carboxylic acids is 1. The highest BCUT2D eigenvalue weighted by Crippen LogP contribution is 2.62. The number of rotatable bonds is 8. The summed E-state index contributed by atoms with van der Waals surface area (Å²) in [5.74, 6) is 1.66. The van der Waals surface area contributed by atoms with Crippen molar-refractivity contribution in [1.29, 1.82) is 0 Å². The van der Waals surface area contributed by atoms with Crippen LogP contribution in [0.15, 0.2) is 73.4 Å². The number of halogens is 2. The molecule has 1 amide bonds. The van der Waals surface area contributed by atoms with Gasteiger partial charge in [0, 0.05) is 28.2 Å². The van der Waals surface area contributed by atoms with Gasteiger partial charge in [0.15, 0.2) is 5.82 Å². The van der Waals surface area contributed by atoms with Gasteiger partial charge in [-0.1, -0.05) is 23.7 Å². The molecule has 0 aliphatic heterocycles. The smallest absolute Gasteiger partial charge is 0.411 e. The van der Waals surface area contributed by atoms with Crippen molar-refractivity contribution in [2.45, 2.75) is 51.0 Å². The van der Waals surface area contributed by atoms with Gasteiger partial charge in [-0.2, -0.15) is 9.78 Å². The van der Waals surface area contributed by atoms with Crippen molar-refractivity contribution in [3.05, 3.63) is 90.0 Å². The molecule has 13 heteroatoms. The van der Waals surface area contributed by atoms with Gasteiger partial charge in [-0.05, 0) is 114 Å². The number of anilines is 1. The first kappa shape index (κ1) is 30.5. The van der Waals surface area contributed by atoms with Crippen LogP contribution in [-0.4, -0.2) is 48.4 Å². The molecule has 4 bridgehead atoms. The second-order valence-corrected chi connectivity index (χ2v) is 14.1. The average molecular weight is 670 g/mol. The molecule has 11 nitrogen and oxygen atoms in total. The van der Waals surface area contributed by atoms with Crippen LogP contribution in [0.1, 0.15) is 56.7 Å². The van der Waals surface area contributed by atoms with Crippen LogP contribution < -0.4 is 10.0 Å². The van der Waals surface area contributed by atoms with Crippen molar-refractivity contribution >= 4 is 23.4 Å². The van der Waals surface area contributed by atoms with Gasteiger partial charge in [0.05, 0.1) is 35.1 Å². The molecule has 4 saturated carbocycles. The molecule has 4 fully saturated rings. The van der Waals surface area contributed by atoms with Crippen molar-refractivity contribution < 1.29 is 23.9 Å². The number of hydrogen-bond acceptors (Lipinski definition) is 7. The number of aromatic nitrogens is 7. The van der Waals surface area contributed by atoms with E-state index in [2.05, 4.69) is 20.8 Å². The number of tetrazole rings is 1. The molecule has 2 N–H and O–H groups in total. The summed E-state index contributed by atoms with van der Waals surface area (Å²) in [6, 6.07) is 13.9. The maximum Gasteiger partial charge on any atom is 0.411 e. The highest BCUT2D eigenvalue weighted by atomic mass is 35.5. The van der Waals surface area contributed by atoms with Gasteiger partial charge in [0.2, 0.25) is 6.20 Å². The number of ether oxygens (including phenoxy) is 1.